The Labute approximate surface area is 201 Å². The first-order valence-electron chi connectivity index (χ1n) is 10.3. The van der Waals surface area contributed by atoms with Gasteiger partial charge in [0.1, 0.15) is 17.3 Å². The highest BCUT2D eigenvalue weighted by Crippen LogP contribution is 2.37. The van der Waals surface area contributed by atoms with Crippen LogP contribution in [-0.2, 0) is 0 Å². The Kier molecular flexibility index (Phi) is 6.85. The number of nitrogens with one attached hydrogen (secondary N) is 2. The van der Waals surface area contributed by atoms with Crippen LogP contribution in [0.2, 0.25) is 5.02 Å². The van der Waals surface area contributed by atoms with E-state index in [1.54, 1.807) is 60.7 Å². The first-order chi connectivity index (χ1) is 16.5. The minimum absolute atomic E-state index is 0.0948. The molecule has 3 aromatic carbocycles. The van der Waals surface area contributed by atoms with E-state index in [4.69, 9.17) is 25.5 Å². The Morgan fingerprint density at radius 3 is 1.97 bits per heavy atom. The number of ether oxygens (including phenoxy) is 2. The average Bonchev–Trinajstić information content (AvgIpc) is 3.35. The second-order valence-electron chi connectivity index (χ2n) is 7.17. The Balaban J connectivity index is 1.57. The van der Waals surface area contributed by atoms with Crippen LogP contribution in [0.1, 0.15) is 20.9 Å². The quantitative estimate of drug-likeness (QED) is 0.335. The predicted octanol–water partition coefficient (Wildman–Crippen LogP) is 6.12. The molecule has 0 fully saturated rings. The van der Waals surface area contributed by atoms with Crippen LogP contribution in [0.3, 0.4) is 0 Å². The summed E-state index contributed by atoms with van der Waals surface area (Å²) in [6.45, 7) is 0. The third kappa shape index (κ3) is 4.89. The lowest BCUT2D eigenvalue weighted by Gasteiger charge is -2.16. The number of anilines is 2. The number of carbonyl (C=O) groups excluding carboxylic acids is 2. The highest BCUT2D eigenvalue weighted by molar-refractivity contribution is 6.33. The third-order valence-electron chi connectivity index (χ3n) is 5.02. The molecule has 34 heavy (non-hydrogen) atoms. The molecule has 0 atom stereocenters. The maximum Gasteiger partial charge on any atom is 0.291 e. The molecule has 0 bridgehead atoms. The summed E-state index contributed by atoms with van der Waals surface area (Å²) in [4.78, 5) is 25.4. The van der Waals surface area contributed by atoms with E-state index in [9.17, 15) is 9.59 Å². The van der Waals surface area contributed by atoms with Gasteiger partial charge in [-0.2, -0.15) is 0 Å². The fraction of sp³-hybridized carbons (Fsp3) is 0.0769. The molecule has 0 aliphatic carbocycles. The molecule has 2 N–H and O–H groups in total. The van der Waals surface area contributed by atoms with Crippen molar-refractivity contribution in [1.82, 2.24) is 0 Å². The molecule has 4 rings (SSSR count). The molecular formula is C26H21ClN2O5. The van der Waals surface area contributed by atoms with Crippen molar-refractivity contribution in [2.45, 2.75) is 0 Å². The normalized spacial score (nSPS) is 10.4. The highest BCUT2D eigenvalue weighted by atomic mass is 35.5. The van der Waals surface area contributed by atoms with Gasteiger partial charge in [0.25, 0.3) is 11.8 Å². The Bertz CT molecular complexity index is 1330. The van der Waals surface area contributed by atoms with E-state index in [1.165, 1.54) is 14.2 Å². The summed E-state index contributed by atoms with van der Waals surface area (Å²) in [5.74, 6) is 0.448. The largest absolute Gasteiger partial charge is 0.494 e. The summed E-state index contributed by atoms with van der Waals surface area (Å²) in [5.41, 5.74) is 1.91. The topological polar surface area (TPSA) is 89.8 Å². The summed E-state index contributed by atoms with van der Waals surface area (Å²) in [6.07, 6.45) is 0. The van der Waals surface area contributed by atoms with Crippen LogP contribution >= 0.6 is 11.6 Å². The van der Waals surface area contributed by atoms with Gasteiger partial charge in [-0.05, 0) is 36.4 Å². The predicted molar refractivity (Wildman–Crippen MR) is 131 cm³/mol. The molecular weight excluding hydrogens is 456 g/mol. The van der Waals surface area contributed by atoms with Gasteiger partial charge in [-0.25, -0.2) is 0 Å². The van der Waals surface area contributed by atoms with Gasteiger partial charge in [-0.3, -0.25) is 9.59 Å². The van der Waals surface area contributed by atoms with Gasteiger partial charge in [0.05, 0.1) is 30.6 Å². The molecule has 0 saturated heterocycles. The van der Waals surface area contributed by atoms with Gasteiger partial charge in [0.2, 0.25) is 0 Å². The third-order valence-corrected chi connectivity index (χ3v) is 5.35. The number of halogens is 1. The Hall–Kier alpha value is -4.23. The number of hydrogen-bond donors (Lipinski definition) is 2. The number of rotatable bonds is 7. The number of benzene rings is 3. The maximum absolute atomic E-state index is 12.9. The lowest BCUT2D eigenvalue weighted by atomic mass is 10.2. The minimum Gasteiger partial charge on any atom is -0.494 e. The van der Waals surface area contributed by atoms with Crippen molar-refractivity contribution in [2.75, 3.05) is 24.9 Å². The first-order valence-corrected chi connectivity index (χ1v) is 10.7. The molecule has 0 aliphatic heterocycles. The smallest absolute Gasteiger partial charge is 0.291 e. The molecule has 4 aromatic rings. The van der Waals surface area contributed by atoms with E-state index in [1.807, 2.05) is 18.2 Å². The van der Waals surface area contributed by atoms with Crippen LogP contribution in [0.25, 0.3) is 11.3 Å². The van der Waals surface area contributed by atoms with Crippen molar-refractivity contribution in [3.63, 3.8) is 0 Å². The number of amides is 2. The van der Waals surface area contributed by atoms with Crippen molar-refractivity contribution in [1.29, 1.82) is 0 Å². The van der Waals surface area contributed by atoms with Gasteiger partial charge < -0.3 is 24.5 Å². The summed E-state index contributed by atoms with van der Waals surface area (Å²) in [5, 5.41) is 6.08. The maximum atomic E-state index is 12.9. The number of carbonyl (C=O) groups is 2. The summed E-state index contributed by atoms with van der Waals surface area (Å²) < 4.78 is 16.6. The fourth-order valence-electron chi connectivity index (χ4n) is 3.33. The summed E-state index contributed by atoms with van der Waals surface area (Å²) in [7, 11) is 2.93. The van der Waals surface area contributed by atoms with E-state index in [2.05, 4.69) is 10.6 Å². The second-order valence-corrected chi connectivity index (χ2v) is 7.58. The monoisotopic (exact) mass is 476 g/mol. The van der Waals surface area contributed by atoms with E-state index in [-0.39, 0.29) is 11.7 Å². The number of hydrogen-bond acceptors (Lipinski definition) is 5. The lowest BCUT2D eigenvalue weighted by molar-refractivity contribution is 0.0994. The highest BCUT2D eigenvalue weighted by Gasteiger charge is 2.19. The number of methoxy groups -OCH3 is 2. The van der Waals surface area contributed by atoms with Crippen LogP contribution in [-0.4, -0.2) is 26.0 Å². The molecule has 2 amide bonds. The summed E-state index contributed by atoms with van der Waals surface area (Å²) >= 11 is 6.22. The van der Waals surface area contributed by atoms with Gasteiger partial charge in [-0.1, -0.05) is 41.9 Å². The van der Waals surface area contributed by atoms with Crippen molar-refractivity contribution >= 4 is 34.8 Å². The first kappa shape index (κ1) is 22.9. The van der Waals surface area contributed by atoms with Crippen molar-refractivity contribution < 1.29 is 23.5 Å². The zero-order valence-corrected chi connectivity index (χ0v) is 19.2. The van der Waals surface area contributed by atoms with E-state index in [0.29, 0.717) is 44.8 Å². The SMILES string of the molecule is COc1cc(NC(=O)c2ccc(-c3ccccc3Cl)o2)c(OC)cc1NC(=O)c1ccccc1. The summed E-state index contributed by atoms with van der Waals surface area (Å²) in [6, 6.07) is 22.4. The zero-order chi connectivity index (χ0) is 24.1. The average molecular weight is 477 g/mol. The molecule has 172 valence electrons. The van der Waals surface area contributed by atoms with Crippen molar-refractivity contribution in [2.24, 2.45) is 0 Å². The zero-order valence-electron chi connectivity index (χ0n) is 18.4. The van der Waals surface area contributed by atoms with E-state index >= 15 is 0 Å². The van der Waals surface area contributed by atoms with E-state index in [0.717, 1.165) is 0 Å². The van der Waals surface area contributed by atoms with Gasteiger partial charge in [0.15, 0.2) is 5.76 Å². The van der Waals surface area contributed by atoms with Crippen molar-refractivity contribution in [3.8, 4) is 22.8 Å². The van der Waals surface area contributed by atoms with Crippen LogP contribution < -0.4 is 20.1 Å². The molecule has 1 heterocycles. The molecule has 0 aliphatic rings. The second kappa shape index (κ2) is 10.1. The van der Waals surface area contributed by atoms with Crippen LogP contribution in [0.15, 0.2) is 83.3 Å². The Morgan fingerprint density at radius 2 is 1.35 bits per heavy atom. The van der Waals surface area contributed by atoms with Crippen LogP contribution in [0, 0.1) is 0 Å². The molecule has 0 spiro atoms. The molecule has 1 aromatic heterocycles. The van der Waals surface area contributed by atoms with Crippen LogP contribution in [0.4, 0.5) is 11.4 Å². The standard InChI is InChI=1S/C26H21ClN2O5/c1-32-23-15-20(24(33-2)14-19(23)28-25(30)16-8-4-3-5-9-16)29-26(31)22-13-12-21(34-22)17-10-6-7-11-18(17)27/h3-15H,1-2H3,(H,28,30)(H,29,31). The Morgan fingerprint density at radius 1 is 0.765 bits per heavy atom. The molecule has 8 heteroatoms. The molecule has 0 unspecified atom stereocenters. The van der Waals surface area contributed by atoms with Gasteiger partial charge >= 0.3 is 0 Å². The molecule has 7 nitrogen and oxygen atoms in total. The molecule has 0 radical (unpaired) electrons. The number of furan rings is 1. The molecule has 0 saturated carbocycles. The van der Waals surface area contributed by atoms with E-state index < -0.39 is 5.91 Å². The van der Waals surface area contributed by atoms with Crippen molar-refractivity contribution in [3.05, 3.63) is 95.2 Å². The van der Waals surface area contributed by atoms with Gasteiger partial charge in [-0.15, -0.1) is 0 Å². The minimum atomic E-state index is -0.486. The van der Waals surface area contributed by atoms with Crippen LogP contribution in [0.5, 0.6) is 11.5 Å². The van der Waals surface area contributed by atoms with Gasteiger partial charge in [0, 0.05) is 23.3 Å². The fourth-order valence-corrected chi connectivity index (χ4v) is 3.56. The lowest BCUT2D eigenvalue weighted by Crippen LogP contribution is -2.14.